The highest BCUT2D eigenvalue weighted by Gasteiger charge is 2.32. The van der Waals surface area contributed by atoms with Crippen LogP contribution < -0.4 is 14.8 Å². The van der Waals surface area contributed by atoms with Gasteiger partial charge in [0.15, 0.2) is 18.1 Å². The SMILES string of the molecule is COc1ccccc1OCC(=O)NCc1ccccc1C(F)(F)F. The minimum atomic E-state index is -4.46. The van der Waals surface area contributed by atoms with Crippen molar-refractivity contribution in [3.63, 3.8) is 0 Å². The molecule has 0 fully saturated rings. The molecule has 0 atom stereocenters. The van der Waals surface area contributed by atoms with E-state index in [1.54, 1.807) is 24.3 Å². The second kappa shape index (κ2) is 7.72. The van der Waals surface area contributed by atoms with Crippen molar-refractivity contribution in [2.45, 2.75) is 12.7 Å². The summed E-state index contributed by atoms with van der Waals surface area (Å²) in [6.07, 6.45) is -4.46. The normalized spacial score (nSPS) is 11.0. The van der Waals surface area contributed by atoms with Gasteiger partial charge in [-0.2, -0.15) is 13.2 Å². The summed E-state index contributed by atoms with van der Waals surface area (Å²) in [5.74, 6) is 0.316. The number of carbonyl (C=O) groups excluding carboxylic acids is 1. The molecule has 0 saturated heterocycles. The molecular formula is C17H16F3NO3. The van der Waals surface area contributed by atoms with Crippen LogP contribution in [0, 0.1) is 0 Å². The van der Waals surface area contributed by atoms with Crippen LogP contribution >= 0.6 is 0 Å². The molecule has 0 aliphatic carbocycles. The van der Waals surface area contributed by atoms with E-state index in [0.29, 0.717) is 11.5 Å². The van der Waals surface area contributed by atoms with Crippen LogP contribution in [-0.2, 0) is 17.5 Å². The van der Waals surface area contributed by atoms with E-state index in [-0.39, 0.29) is 18.7 Å². The Balaban J connectivity index is 1.93. The van der Waals surface area contributed by atoms with Crippen molar-refractivity contribution in [3.8, 4) is 11.5 Å². The molecule has 0 saturated carbocycles. The number of hydrogen-bond donors (Lipinski definition) is 1. The van der Waals surface area contributed by atoms with Crippen molar-refractivity contribution in [1.82, 2.24) is 5.32 Å². The summed E-state index contributed by atoms with van der Waals surface area (Å²) in [7, 11) is 1.47. The standard InChI is InChI=1S/C17H16F3NO3/c1-23-14-8-4-5-9-15(14)24-11-16(22)21-10-12-6-2-3-7-13(12)17(18,19)20/h2-9H,10-11H2,1H3,(H,21,22). The average Bonchev–Trinajstić information content (AvgIpc) is 2.57. The lowest BCUT2D eigenvalue weighted by atomic mass is 10.1. The number of rotatable bonds is 6. The summed E-state index contributed by atoms with van der Waals surface area (Å²) in [6, 6.07) is 11.9. The Hall–Kier alpha value is -2.70. The highest BCUT2D eigenvalue weighted by atomic mass is 19.4. The lowest BCUT2D eigenvalue weighted by Gasteiger charge is -2.14. The molecular weight excluding hydrogens is 323 g/mol. The van der Waals surface area contributed by atoms with Gasteiger partial charge in [0, 0.05) is 6.54 Å². The quantitative estimate of drug-likeness (QED) is 0.877. The second-order valence-electron chi connectivity index (χ2n) is 4.87. The van der Waals surface area contributed by atoms with Gasteiger partial charge in [0.05, 0.1) is 12.7 Å². The lowest BCUT2D eigenvalue weighted by Crippen LogP contribution is -2.29. The molecule has 1 amide bonds. The molecule has 0 spiro atoms. The molecule has 0 aliphatic rings. The van der Waals surface area contributed by atoms with Crippen LogP contribution in [0.25, 0.3) is 0 Å². The van der Waals surface area contributed by atoms with E-state index in [4.69, 9.17) is 9.47 Å². The fourth-order valence-corrected chi connectivity index (χ4v) is 2.08. The Morgan fingerprint density at radius 1 is 1.04 bits per heavy atom. The Bertz CT molecular complexity index is 701. The molecule has 7 heteroatoms. The summed E-state index contributed by atoms with van der Waals surface area (Å²) in [4.78, 5) is 11.8. The van der Waals surface area contributed by atoms with Gasteiger partial charge in [0.2, 0.25) is 0 Å². The number of methoxy groups -OCH3 is 1. The Labute approximate surface area is 137 Å². The van der Waals surface area contributed by atoms with E-state index < -0.39 is 17.6 Å². The number of halogens is 3. The fourth-order valence-electron chi connectivity index (χ4n) is 2.08. The molecule has 2 aromatic rings. The van der Waals surface area contributed by atoms with Crippen molar-refractivity contribution >= 4 is 5.91 Å². The number of para-hydroxylation sites is 2. The third kappa shape index (κ3) is 4.65. The number of alkyl halides is 3. The van der Waals surface area contributed by atoms with Gasteiger partial charge in [0.25, 0.3) is 5.91 Å². The van der Waals surface area contributed by atoms with Gasteiger partial charge in [0.1, 0.15) is 0 Å². The van der Waals surface area contributed by atoms with Gasteiger partial charge in [-0.15, -0.1) is 0 Å². The van der Waals surface area contributed by atoms with Crippen molar-refractivity contribution in [2.75, 3.05) is 13.7 Å². The van der Waals surface area contributed by atoms with E-state index in [1.165, 1.54) is 25.3 Å². The number of benzene rings is 2. The van der Waals surface area contributed by atoms with Crippen molar-refractivity contribution < 1.29 is 27.4 Å². The molecule has 0 aromatic heterocycles. The second-order valence-corrected chi connectivity index (χ2v) is 4.87. The van der Waals surface area contributed by atoms with Gasteiger partial charge < -0.3 is 14.8 Å². The number of carbonyl (C=O) groups is 1. The molecule has 0 aliphatic heterocycles. The Morgan fingerprint density at radius 2 is 1.67 bits per heavy atom. The van der Waals surface area contributed by atoms with Gasteiger partial charge in [-0.1, -0.05) is 30.3 Å². The zero-order valence-corrected chi connectivity index (χ0v) is 12.9. The molecule has 128 valence electrons. The van der Waals surface area contributed by atoms with E-state index in [0.717, 1.165) is 6.07 Å². The number of ether oxygens (including phenoxy) is 2. The van der Waals surface area contributed by atoms with E-state index in [2.05, 4.69) is 5.32 Å². The van der Waals surface area contributed by atoms with Gasteiger partial charge in [-0.25, -0.2) is 0 Å². The average molecular weight is 339 g/mol. The first-order valence-corrected chi connectivity index (χ1v) is 7.09. The minimum Gasteiger partial charge on any atom is -0.493 e. The molecule has 2 rings (SSSR count). The summed E-state index contributed by atoms with van der Waals surface area (Å²) in [6.45, 7) is -0.557. The predicted octanol–water partition coefficient (Wildman–Crippen LogP) is 3.41. The van der Waals surface area contributed by atoms with Crippen LogP contribution in [-0.4, -0.2) is 19.6 Å². The maximum atomic E-state index is 12.9. The van der Waals surface area contributed by atoms with Crippen LogP contribution in [0.5, 0.6) is 11.5 Å². The van der Waals surface area contributed by atoms with Crippen molar-refractivity contribution in [3.05, 3.63) is 59.7 Å². The van der Waals surface area contributed by atoms with E-state index in [1.807, 2.05) is 0 Å². The molecule has 2 aromatic carbocycles. The van der Waals surface area contributed by atoms with Crippen LogP contribution in [0.15, 0.2) is 48.5 Å². The van der Waals surface area contributed by atoms with Crippen LogP contribution in [0.3, 0.4) is 0 Å². The highest BCUT2D eigenvalue weighted by Crippen LogP contribution is 2.31. The lowest BCUT2D eigenvalue weighted by molar-refractivity contribution is -0.138. The smallest absolute Gasteiger partial charge is 0.416 e. The largest absolute Gasteiger partial charge is 0.493 e. The molecule has 1 N–H and O–H groups in total. The summed E-state index contributed by atoms with van der Waals surface area (Å²) >= 11 is 0. The first-order chi connectivity index (χ1) is 11.4. The van der Waals surface area contributed by atoms with Crippen molar-refractivity contribution in [1.29, 1.82) is 0 Å². The molecule has 4 nitrogen and oxygen atoms in total. The monoisotopic (exact) mass is 339 g/mol. The Kier molecular flexibility index (Phi) is 5.68. The van der Waals surface area contributed by atoms with Gasteiger partial charge in [-0.3, -0.25) is 4.79 Å². The first-order valence-electron chi connectivity index (χ1n) is 7.09. The molecule has 0 radical (unpaired) electrons. The zero-order chi connectivity index (χ0) is 17.6. The number of amides is 1. The summed E-state index contributed by atoms with van der Waals surface area (Å²) in [5.41, 5.74) is -0.772. The topological polar surface area (TPSA) is 47.6 Å². The summed E-state index contributed by atoms with van der Waals surface area (Å²) in [5, 5.41) is 2.41. The van der Waals surface area contributed by atoms with E-state index in [9.17, 15) is 18.0 Å². The maximum absolute atomic E-state index is 12.9. The van der Waals surface area contributed by atoms with Crippen molar-refractivity contribution in [2.24, 2.45) is 0 Å². The third-order valence-corrected chi connectivity index (χ3v) is 3.23. The number of nitrogens with one attached hydrogen (secondary N) is 1. The number of hydrogen-bond acceptors (Lipinski definition) is 3. The molecule has 0 heterocycles. The molecule has 0 bridgehead atoms. The summed E-state index contributed by atoms with van der Waals surface area (Å²) < 4.78 is 49.0. The Morgan fingerprint density at radius 3 is 2.33 bits per heavy atom. The maximum Gasteiger partial charge on any atom is 0.416 e. The predicted molar refractivity (Wildman–Crippen MR) is 81.8 cm³/mol. The van der Waals surface area contributed by atoms with Gasteiger partial charge >= 0.3 is 6.18 Å². The minimum absolute atomic E-state index is 0.00404. The first kappa shape index (κ1) is 17.7. The molecule has 0 unspecified atom stereocenters. The fraction of sp³-hybridized carbons (Fsp3) is 0.235. The van der Waals surface area contributed by atoms with E-state index >= 15 is 0 Å². The zero-order valence-electron chi connectivity index (χ0n) is 12.9. The molecule has 24 heavy (non-hydrogen) atoms. The van der Waals surface area contributed by atoms with Crippen LogP contribution in [0.2, 0.25) is 0 Å². The van der Waals surface area contributed by atoms with Gasteiger partial charge in [-0.05, 0) is 23.8 Å². The third-order valence-electron chi connectivity index (χ3n) is 3.23. The van der Waals surface area contributed by atoms with Crippen LogP contribution in [0.4, 0.5) is 13.2 Å². The van der Waals surface area contributed by atoms with Crippen LogP contribution in [0.1, 0.15) is 11.1 Å². The highest BCUT2D eigenvalue weighted by molar-refractivity contribution is 5.77.